The van der Waals surface area contributed by atoms with Gasteiger partial charge in [-0.25, -0.2) is 8.42 Å². The lowest BCUT2D eigenvalue weighted by atomic mass is 10.1. The molecule has 0 aliphatic heterocycles. The molecule has 0 bridgehead atoms. The normalized spacial score (nSPS) is 12.2. The van der Waals surface area contributed by atoms with Gasteiger partial charge in [0.15, 0.2) is 0 Å². The van der Waals surface area contributed by atoms with Gasteiger partial charge in [-0.15, -0.1) is 0 Å². The molecule has 0 spiro atoms. The third-order valence-electron chi connectivity index (χ3n) is 3.37. The van der Waals surface area contributed by atoms with Gasteiger partial charge in [-0.2, -0.15) is 4.31 Å². The molecule has 0 aliphatic carbocycles. The number of aliphatic hydroxyl groups is 1. The van der Waals surface area contributed by atoms with Crippen molar-refractivity contribution in [3.63, 3.8) is 0 Å². The molecule has 0 unspecified atom stereocenters. The van der Waals surface area contributed by atoms with Crippen LogP contribution in [0.3, 0.4) is 0 Å². The second kappa shape index (κ2) is 6.51. The van der Waals surface area contributed by atoms with Crippen molar-refractivity contribution in [2.45, 2.75) is 25.2 Å². The van der Waals surface area contributed by atoms with Gasteiger partial charge in [0.2, 0.25) is 10.0 Å². The molecule has 2 aromatic rings. The third-order valence-corrected chi connectivity index (χ3v) is 5.33. The molecule has 0 aliphatic rings. The van der Waals surface area contributed by atoms with Crippen LogP contribution >= 0.6 is 0 Å². The molecule has 1 aromatic carbocycles. The summed E-state index contributed by atoms with van der Waals surface area (Å²) in [5, 5.41) is 9.73. The first-order valence-electron chi connectivity index (χ1n) is 6.97. The van der Waals surface area contributed by atoms with Crippen molar-refractivity contribution in [1.82, 2.24) is 9.29 Å². The Hall–Kier alpha value is -1.50. The number of hydrogen-bond donors (Lipinski definition) is 1. The highest BCUT2D eigenvalue weighted by atomic mass is 32.2. The largest absolute Gasteiger partial charge is 0.395 e. The molecule has 0 radical (unpaired) electrons. The average Bonchev–Trinajstić information content (AvgIpc) is 2.47. The van der Waals surface area contributed by atoms with E-state index in [1.165, 1.54) is 4.31 Å². The molecule has 0 saturated carbocycles. The van der Waals surface area contributed by atoms with E-state index in [1.54, 1.807) is 30.5 Å². The molecule has 0 atom stereocenters. The number of fused-ring (bicyclic) bond motifs is 1. The minimum absolute atomic E-state index is 0.103. The van der Waals surface area contributed by atoms with E-state index in [-0.39, 0.29) is 18.0 Å². The van der Waals surface area contributed by atoms with E-state index >= 15 is 0 Å². The van der Waals surface area contributed by atoms with Crippen molar-refractivity contribution >= 4 is 20.9 Å². The highest BCUT2D eigenvalue weighted by Gasteiger charge is 2.25. The lowest BCUT2D eigenvalue weighted by Gasteiger charge is -2.21. The van der Waals surface area contributed by atoms with Crippen molar-refractivity contribution in [3.8, 4) is 0 Å². The minimum Gasteiger partial charge on any atom is -0.395 e. The van der Waals surface area contributed by atoms with Gasteiger partial charge in [0, 0.05) is 24.7 Å². The first-order chi connectivity index (χ1) is 10.0. The number of aliphatic hydroxyl groups excluding tert-OH is 1. The Morgan fingerprint density at radius 2 is 2.00 bits per heavy atom. The van der Waals surface area contributed by atoms with Crippen LogP contribution in [-0.4, -0.2) is 42.5 Å². The van der Waals surface area contributed by atoms with Crippen molar-refractivity contribution in [3.05, 3.63) is 36.0 Å². The van der Waals surface area contributed by atoms with Crippen LogP contribution in [0.25, 0.3) is 10.9 Å². The lowest BCUT2D eigenvalue weighted by Crippen LogP contribution is -2.34. The Morgan fingerprint density at radius 3 is 2.67 bits per heavy atom. The summed E-state index contributed by atoms with van der Waals surface area (Å²) < 4.78 is 27.0. The first kappa shape index (κ1) is 15.9. The summed E-state index contributed by atoms with van der Waals surface area (Å²) in [6.45, 7) is 4.11. The van der Waals surface area contributed by atoms with Crippen molar-refractivity contribution in [2.75, 3.05) is 19.7 Å². The first-order valence-corrected chi connectivity index (χ1v) is 8.41. The molecule has 1 heterocycles. The van der Waals surface area contributed by atoms with Crippen LogP contribution < -0.4 is 0 Å². The number of aryl methyl sites for hydroxylation is 1. The fraction of sp³-hybridized carbons (Fsp3) is 0.400. The van der Waals surface area contributed by atoms with Crippen molar-refractivity contribution in [1.29, 1.82) is 0 Å². The van der Waals surface area contributed by atoms with E-state index < -0.39 is 10.0 Å². The second-order valence-corrected chi connectivity index (χ2v) is 6.81. The quantitative estimate of drug-likeness (QED) is 0.885. The van der Waals surface area contributed by atoms with Gasteiger partial charge in [0.05, 0.1) is 17.0 Å². The maximum atomic E-state index is 12.8. The maximum Gasteiger partial charge on any atom is 0.243 e. The molecule has 1 aromatic heterocycles. The Kier molecular flexibility index (Phi) is 4.92. The number of hydrogen-bond acceptors (Lipinski definition) is 4. The molecule has 6 heteroatoms. The molecule has 0 fully saturated rings. The number of nitrogens with zero attached hydrogens (tertiary/aromatic N) is 2. The highest BCUT2D eigenvalue weighted by molar-refractivity contribution is 7.89. The zero-order chi connectivity index (χ0) is 15.5. The van der Waals surface area contributed by atoms with E-state index in [4.69, 9.17) is 5.11 Å². The lowest BCUT2D eigenvalue weighted by molar-refractivity contribution is 0.253. The van der Waals surface area contributed by atoms with Crippen LogP contribution in [-0.2, 0) is 10.0 Å². The van der Waals surface area contributed by atoms with Gasteiger partial charge in [-0.3, -0.25) is 4.98 Å². The average molecular weight is 308 g/mol. The van der Waals surface area contributed by atoms with Crippen LogP contribution in [0.15, 0.2) is 35.4 Å². The van der Waals surface area contributed by atoms with E-state index in [9.17, 15) is 8.42 Å². The molecular formula is C15H20N2O3S. The Bertz CT molecular complexity index is 723. The third kappa shape index (κ3) is 3.07. The van der Waals surface area contributed by atoms with Crippen molar-refractivity contribution in [2.24, 2.45) is 0 Å². The molecule has 1 N–H and O–H groups in total. The van der Waals surface area contributed by atoms with Crippen LogP contribution in [0.4, 0.5) is 0 Å². The summed E-state index contributed by atoms with van der Waals surface area (Å²) in [5.74, 6) is 0. The summed E-state index contributed by atoms with van der Waals surface area (Å²) in [4.78, 5) is 4.52. The standard InChI is InChI=1S/C15H20N2O3S/c1-3-9-17(10-11-18)21(19,20)14-7-6-12(2)15-13(14)5-4-8-16-15/h4-8,18H,3,9-11H2,1-2H3. The molecule has 2 rings (SSSR count). The molecule has 21 heavy (non-hydrogen) atoms. The molecule has 0 saturated heterocycles. The van der Waals surface area contributed by atoms with Crippen LogP contribution in [0.2, 0.25) is 0 Å². The maximum absolute atomic E-state index is 12.8. The molecule has 0 amide bonds. The predicted molar refractivity (Wildman–Crippen MR) is 82.6 cm³/mol. The van der Waals surface area contributed by atoms with Crippen molar-refractivity contribution < 1.29 is 13.5 Å². The van der Waals surface area contributed by atoms with E-state index in [2.05, 4.69) is 4.98 Å². The monoisotopic (exact) mass is 308 g/mol. The number of sulfonamides is 1. The molecular weight excluding hydrogens is 288 g/mol. The smallest absolute Gasteiger partial charge is 0.243 e. The Balaban J connectivity index is 2.62. The van der Waals surface area contributed by atoms with Crippen LogP contribution in [0, 0.1) is 6.92 Å². The van der Waals surface area contributed by atoms with Gasteiger partial charge in [-0.05, 0) is 37.1 Å². The van der Waals surface area contributed by atoms with Gasteiger partial charge >= 0.3 is 0 Å². The van der Waals surface area contributed by atoms with Crippen LogP contribution in [0.1, 0.15) is 18.9 Å². The number of pyridine rings is 1. The fourth-order valence-electron chi connectivity index (χ4n) is 2.36. The van der Waals surface area contributed by atoms with E-state index in [0.717, 1.165) is 5.56 Å². The van der Waals surface area contributed by atoms with Crippen LogP contribution in [0.5, 0.6) is 0 Å². The fourth-order valence-corrected chi connectivity index (χ4v) is 4.07. The summed E-state index contributed by atoms with van der Waals surface area (Å²) in [5.41, 5.74) is 1.63. The summed E-state index contributed by atoms with van der Waals surface area (Å²) in [7, 11) is -3.64. The van der Waals surface area contributed by atoms with Gasteiger partial charge in [0.25, 0.3) is 0 Å². The zero-order valence-electron chi connectivity index (χ0n) is 12.3. The SMILES string of the molecule is CCCN(CCO)S(=O)(=O)c1ccc(C)c2ncccc12. The van der Waals surface area contributed by atoms with Gasteiger partial charge in [0.1, 0.15) is 0 Å². The second-order valence-electron chi connectivity index (χ2n) is 4.91. The summed E-state index contributed by atoms with van der Waals surface area (Å²) >= 11 is 0. The van der Waals surface area contributed by atoms with E-state index in [1.807, 2.05) is 13.8 Å². The highest BCUT2D eigenvalue weighted by Crippen LogP contribution is 2.26. The number of aromatic nitrogens is 1. The predicted octanol–water partition coefficient (Wildman–Crippen LogP) is 1.94. The van der Waals surface area contributed by atoms with Gasteiger partial charge < -0.3 is 5.11 Å². The van der Waals surface area contributed by atoms with E-state index in [0.29, 0.717) is 23.9 Å². The number of benzene rings is 1. The summed E-state index contributed by atoms with van der Waals surface area (Å²) in [6, 6.07) is 6.89. The topological polar surface area (TPSA) is 70.5 Å². The minimum atomic E-state index is -3.64. The number of rotatable bonds is 6. The summed E-state index contributed by atoms with van der Waals surface area (Å²) in [6.07, 6.45) is 2.35. The zero-order valence-corrected chi connectivity index (χ0v) is 13.1. The molecule has 114 valence electrons. The Labute approximate surface area is 125 Å². The Morgan fingerprint density at radius 1 is 1.24 bits per heavy atom. The molecule has 5 nitrogen and oxygen atoms in total. The van der Waals surface area contributed by atoms with Gasteiger partial charge in [-0.1, -0.05) is 13.0 Å².